The molecule has 2 rings (SSSR count). The van der Waals surface area contributed by atoms with Crippen molar-refractivity contribution in [3.05, 3.63) is 64.7 Å². The Labute approximate surface area is 117 Å². The predicted molar refractivity (Wildman–Crippen MR) is 75.8 cm³/mol. The van der Waals surface area contributed by atoms with Gasteiger partial charge >= 0.3 is 0 Å². The molecule has 1 heterocycles. The first-order valence-corrected chi connectivity index (χ1v) is 6.67. The van der Waals surface area contributed by atoms with Crippen molar-refractivity contribution in [1.29, 1.82) is 0 Å². The molecule has 0 bridgehead atoms. The van der Waals surface area contributed by atoms with Crippen molar-refractivity contribution < 1.29 is 4.39 Å². The minimum atomic E-state index is -0.386. The molecule has 2 aromatic rings. The van der Waals surface area contributed by atoms with Gasteiger partial charge in [0.15, 0.2) is 0 Å². The highest BCUT2D eigenvalue weighted by molar-refractivity contribution is 6.31. The maximum absolute atomic E-state index is 13.5. The number of hydrogen-bond donors (Lipinski definition) is 1. The van der Waals surface area contributed by atoms with Crippen LogP contribution in [0.4, 0.5) is 4.39 Å². The van der Waals surface area contributed by atoms with Crippen molar-refractivity contribution in [1.82, 2.24) is 10.3 Å². The molecule has 0 saturated carbocycles. The SMILES string of the molecule is CCNC(Cc1ccccn1)c1cccc(F)c1Cl. The minimum Gasteiger partial charge on any atom is -0.310 e. The largest absolute Gasteiger partial charge is 0.310 e. The van der Waals surface area contributed by atoms with Crippen LogP contribution in [0.25, 0.3) is 0 Å². The molecule has 2 nitrogen and oxygen atoms in total. The average Bonchev–Trinajstić information content (AvgIpc) is 2.43. The second-order valence-corrected chi connectivity index (χ2v) is 4.66. The highest BCUT2D eigenvalue weighted by Crippen LogP contribution is 2.27. The summed E-state index contributed by atoms with van der Waals surface area (Å²) in [5, 5.41) is 3.51. The molecule has 1 unspecified atom stereocenters. The zero-order chi connectivity index (χ0) is 13.7. The molecule has 100 valence electrons. The summed E-state index contributed by atoms with van der Waals surface area (Å²) in [7, 11) is 0. The fourth-order valence-electron chi connectivity index (χ4n) is 2.06. The van der Waals surface area contributed by atoms with Crippen molar-refractivity contribution in [2.24, 2.45) is 0 Å². The zero-order valence-corrected chi connectivity index (χ0v) is 11.5. The fraction of sp³-hybridized carbons (Fsp3) is 0.267. The number of likely N-dealkylation sites (N-methyl/N-ethyl adjacent to an activating group) is 1. The molecule has 0 amide bonds. The molecule has 1 aromatic heterocycles. The number of nitrogens with zero attached hydrogens (tertiary/aromatic N) is 1. The van der Waals surface area contributed by atoms with Gasteiger partial charge in [0, 0.05) is 24.4 Å². The Kier molecular flexibility index (Phi) is 4.88. The highest BCUT2D eigenvalue weighted by atomic mass is 35.5. The Balaban J connectivity index is 2.27. The summed E-state index contributed by atoms with van der Waals surface area (Å²) in [6.07, 6.45) is 2.43. The van der Waals surface area contributed by atoms with E-state index in [1.165, 1.54) is 6.07 Å². The molecule has 0 aliphatic heterocycles. The van der Waals surface area contributed by atoms with Gasteiger partial charge < -0.3 is 5.32 Å². The van der Waals surface area contributed by atoms with Gasteiger partial charge in [-0.05, 0) is 30.3 Å². The Morgan fingerprint density at radius 2 is 2.11 bits per heavy atom. The van der Waals surface area contributed by atoms with Crippen LogP contribution in [0, 0.1) is 5.82 Å². The van der Waals surface area contributed by atoms with E-state index >= 15 is 0 Å². The zero-order valence-electron chi connectivity index (χ0n) is 10.7. The quantitative estimate of drug-likeness (QED) is 0.901. The molecule has 1 aromatic carbocycles. The van der Waals surface area contributed by atoms with Crippen LogP contribution in [0.3, 0.4) is 0 Å². The molecule has 0 aliphatic rings. The standard InChI is InChI=1S/C15H16ClFN2/c1-2-18-14(10-11-6-3-4-9-19-11)12-7-5-8-13(17)15(12)16/h3-9,14,18H,2,10H2,1H3. The number of pyridine rings is 1. The summed E-state index contributed by atoms with van der Waals surface area (Å²) >= 11 is 6.05. The summed E-state index contributed by atoms with van der Waals surface area (Å²) in [5.41, 5.74) is 1.72. The van der Waals surface area contributed by atoms with Gasteiger partial charge in [0.05, 0.1) is 5.02 Å². The van der Waals surface area contributed by atoms with Gasteiger partial charge in [0.2, 0.25) is 0 Å². The number of benzene rings is 1. The van der Waals surface area contributed by atoms with Crippen LogP contribution in [0.15, 0.2) is 42.6 Å². The lowest BCUT2D eigenvalue weighted by Crippen LogP contribution is -2.23. The van der Waals surface area contributed by atoms with Crippen LogP contribution in [-0.4, -0.2) is 11.5 Å². The number of halogens is 2. The molecular formula is C15H16ClFN2. The van der Waals surface area contributed by atoms with Crippen molar-refractivity contribution in [2.75, 3.05) is 6.54 Å². The topological polar surface area (TPSA) is 24.9 Å². The Hall–Kier alpha value is -1.45. The molecule has 0 aliphatic carbocycles. The molecule has 19 heavy (non-hydrogen) atoms. The van der Waals surface area contributed by atoms with Gasteiger partial charge in [-0.1, -0.05) is 36.7 Å². The van der Waals surface area contributed by atoms with Gasteiger partial charge in [0.1, 0.15) is 5.82 Å². The second-order valence-electron chi connectivity index (χ2n) is 4.28. The van der Waals surface area contributed by atoms with Gasteiger partial charge in [-0.25, -0.2) is 4.39 Å². The molecule has 0 fully saturated rings. The smallest absolute Gasteiger partial charge is 0.142 e. The summed E-state index contributed by atoms with van der Waals surface area (Å²) in [6, 6.07) is 10.6. The molecule has 0 spiro atoms. The molecule has 4 heteroatoms. The van der Waals surface area contributed by atoms with Crippen LogP contribution in [-0.2, 0) is 6.42 Å². The third-order valence-corrected chi connectivity index (χ3v) is 3.35. The second kappa shape index (κ2) is 6.64. The summed E-state index contributed by atoms with van der Waals surface area (Å²) in [6.45, 7) is 2.79. The van der Waals surface area contributed by atoms with Gasteiger partial charge in [-0.15, -0.1) is 0 Å². The van der Waals surface area contributed by atoms with E-state index in [2.05, 4.69) is 10.3 Å². The van der Waals surface area contributed by atoms with E-state index in [9.17, 15) is 4.39 Å². The van der Waals surface area contributed by atoms with Crippen LogP contribution in [0.1, 0.15) is 24.2 Å². The Morgan fingerprint density at radius 1 is 1.26 bits per heavy atom. The van der Waals surface area contributed by atoms with Crippen LogP contribution < -0.4 is 5.32 Å². The lowest BCUT2D eigenvalue weighted by Gasteiger charge is -2.19. The average molecular weight is 279 g/mol. The molecule has 0 saturated heterocycles. The maximum Gasteiger partial charge on any atom is 0.142 e. The van der Waals surface area contributed by atoms with E-state index in [1.54, 1.807) is 12.3 Å². The first kappa shape index (κ1) is 14.0. The van der Waals surface area contributed by atoms with Gasteiger partial charge in [-0.2, -0.15) is 0 Å². The van der Waals surface area contributed by atoms with Crippen molar-refractivity contribution >= 4 is 11.6 Å². The monoisotopic (exact) mass is 278 g/mol. The Morgan fingerprint density at radius 3 is 2.79 bits per heavy atom. The van der Waals surface area contributed by atoms with E-state index in [4.69, 9.17) is 11.6 Å². The van der Waals surface area contributed by atoms with E-state index in [0.29, 0.717) is 6.42 Å². The number of aromatic nitrogens is 1. The molecule has 1 N–H and O–H groups in total. The van der Waals surface area contributed by atoms with Crippen LogP contribution >= 0.6 is 11.6 Å². The number of rotatable bonds is 5. The van der Waals surface area contributed by atoms with Crippen molar-refractivity contribution in [3.63, 3.8) is 0 Å². The number of nitrogens with one attached hydrogen (secondary N) is 1. The summed E-state index contributed by atoms with van der Waals surface area (Å²) < 4.78 is 13.5. The normalized spacial score (nSPS) is 12.4. The van der Waals surface area contributed by atoms with E-state index in [-0.39, 0.29) is 16.9 Å². The van der Waals surface area contributed by atoms with Crippen molar-refractivity contribution in [2.45, 2.75) is 19.4 Å². The highest BCUT2D eigenvalue weighted by Gasteiger charge is 2.17. The first-order valence-electron chi connectivity index (χ1n) is 6.29. The minimum absolute atomic E-state index is 0.0388. The lowest BCUT2D eigenvalue weighted by molar-refractivity contribution is 0.538. The lowest BCUT2D eigenvalue weighted by atomic mass is 10.0. The summed E-state index contributed by atoms with van der Waals surface area (Å²) in [5.74, 6) is -0.386. The third-order valence-electron chi connectivity index (χ3n) is 2.95. The third kappa shape index (κ3) is 3.52. The summed E-state index contributed by atoms with van der Waals surface area (Å²) in [4.78, 5) is 4.30. The van der Waals surface area contributed by atoms with Crippen molar-refractivity contribution in [3.8, 4) is 0 Å². The van der Waals surface area contributed by atoms with E-state index in [1.807, 2.05) is 31.2 Å². The van der Waals surface area contributed by atoms with Gasteiger partial charge in [0.25, 0.3) is 0 Å². The van der Waals surface area contributed by atoms with E-state index < -0.39 is 0 Å². The molecule has 0 radical (unpaired) electrons. The fourth-order valence-corrected chi connectivity index (χ4v) is 2.31. The predicted octanol–water partition coefficient (Wildman–Crippen LogP) is 3.77. The molecular weight excluding hydrogens is 263 g/mol. The maximum atomic E-state index is 13.5. The first-order chi connectivity index (χ1) is 9.22. The number of hydrogen-bond acceptors (Lipinski definition) is 2. The Bertz CT molecular complexity index is 531. The van der Waals surface area contributed by atoms with E-state index in [0.717, 1.165) is 17.8 Å². The molecule has 1 atom stereocenters. The van der Waals surface area contributed by atoms with Gasteiger partial charge in [-0.3, -0.25) is 4.98 Å². The van der Waals surface area contributed by atoms with Crippen LogP contribution in [0.5, 0.6) is 0 Å². The van der Waals surface area contributed by atoms with Crippen LogP contribution in [0.2, 0.25) is 5.02 Å².